The van der Waals surface area contributed by atoms with Crippen LogP contribution in [0.3, 0.4) is 0 Å². The van der Waals surface area contributed by atoms with Gasteiger partial charge < -0.3 is 14.4 Å². The first kappa shape index (κ1) is 19.5. The first-order chi connectivity index (χ1) is 13.4. The smallest absolute Gasteiger partial charge is 0.416 e. The second kappa shape index (κ2) is 8.16. The van der Waals surface area contributed by atoms with E-state index in [1.165, 1.54) is 18.3 Å². The number of ether oxygens (including phenoxy) is 1. The molecule has 0 aliphatic heterocycles. The van der Waals surface area contributed by atoms with Crippen molar-refractivity contribution in [1.82, 2.24) is 4.98 Å². The van der Waals surface area contributed by atoms with Crippen molar-refractivity contribution in [3.05, 3.63) is 71.1 Å². The molecule has 0 bridgehead atoms. The van der Waals surface area contributed by atoms with Crippen LogP contribution in [0.4, 0.5) is 13.2 Å². The van der Waals surface area contributed by atoms with E-state index in [1.54, 1.807) is 31.2 Å². The number of oxazole rings is 1. The Morgan fingerprint density at radius 3 is 2.39 bits per heavy atom. The van der Waals surface area contributed by atoms with Crippen LogP contribution in [-0.2, 0) is 12.6 Å². The molecule has 8 heteroatoms. The summed E-state index contributed by atoms with van der Waals surface area (Å²) in [5.41, 5.74) is 1.18. The van der Waals surface area contributed by atoms with Crippen molar-refractivity contribution in [2.45, 2.75) is 19.5 Å². The molecule has 0 saturated heterocycles. The summed E-state index contributed by atoms with van der Waals surface area (Å²) in [6.45, 7) is 2.10. The third kappa shape index (κ3) is 4.70. The molecule has 146 valence electrons. The Balaban J connectivity index is 1.62. The van der Waals surface area contributed by atoms with Gasteiger partial charge in [-0.2, -0.15) is 13.2 Å². The monoisotopic (exact) mass is 390 g/mol. The lowest BCUT2D eigenvalue weighted by Crippen LogP contribution is -2.04. The summed E-state index contributed by atoms with van der Waals surface area (Å²) < 4.78 is 49.2. The van der Waals surface area contributed by atoms with Gasteiger partial charge in [0.05, 0.1) is 24.1 Å². The van der Waals surface area contributed by atoms with Gasteiger partial charge in [0.1, 0.15) is 11.5 Å². The lowest BCUT2D eigenvalue weighted by atomic mass is 10.1. The van der Waals surface area contributed by atoms with Crippen LogP contribution in [0.15, 0.2) is 58.1 Å². The molecule has 0 unspecified atom stereocenters. The van der Waals surface area contributed by atoms with Crippen LogP contribution in [0.25, 0.3) is 11.5 Å². The van der Waals surface area contributed by atoms with Gasteiger partial charge in [-0.25, -0.2) is 4.98 Å². The summed E-state index contributed by atoms with van der Waals surface area (Å²) in [4.78, 5) is 4.37. The Hall–Kier alpha value is -3.29. The Morgan fingerprint density at radius 1 is 1.11 bits per heavy atom. The largest absolute Gasteiger partial charge is 0.493 e. The van der Waals surface area contributed by atoms with Gasteiger partial charge in [0.25, 0.3) is 0 Å². The van der Waals surface area contributed by atoms with E-state index in [4.69, 9.17) is 14.4 Å². The van der Waals surface area contributed by atoms with E-state index in [1.807, 2.05) is 0 Å². The molecule has 28 heavy (non-hydrogen) atoms. The summed E-state index contributed by atoms with van der Waals surface area (Å²) >= 11 is 0. The molecule has 0 aliphatic rings. The van der Waals surface area contributed by atoms with Crippen LogP contribution in [-0.4, -0.2) is 23.0 Å². The van der Waals surface area contributed by atoms with Crippen molar-refractivity contribution in [1.29, 1.82) is 0 Å². The highest BCUT2D eigenvalue weighted by Gasteiger charge is 2.30. The molecule has 5 nitrogen and oxygen atoms in total. The average molecular weight is 390 g/mol. The minimum atomic E-state index is -4.38. The summed E-state index contributed by atoms with van der Waals surface area (Å²) in [6.07, 6.45) is -2.59. The highest BCUT2D eigenvalue weighted by Crippen LogP contribution is 2.31. The van der Waals surface area contributed by atoms with Crippen molar-refractivity contribution in [2.75, 3.05) is 6.61 Å². The van der Waals surface area contributed by atoms with E-state index < -0.39 is 11.7 Å². The summed E-state index contributed by atoms with van der Waals surface area (Å²) in [7, 11) is 0. The number of hydrogen-bond acceptors (Lipinski definition) is 5. The Kier molecular flexibility index (Phi) is 5.67. The van der Waals surface area contributed by atoms with E-state index in [9.17, 15) is 13.2 Å². The van der Waals surface area contributed by atoms with Crippen LogP contribution >= 0.6 is 0 Å². The summed E-state index contributed by atoms with van der Waals surface area (Å²) in [5, 5.41) is 11.4. The Labute approximate surface area is 159 Å². The Morgan fingerprint density at radius 2 is 1.79 bits per heavy atom. The van der Waals surface area contributed by atoms with Crippen molar-refractivity contribution < 1.29 is 27.5 Å². The number of oxime groups is 1. The zero-order chi connectivity index (χ0) is 20.1. The standard InChI is InChI=1S/C20H17F3N2O3/c1-13-18(10-11-27-17-8-2-14(3-9-17)12-24-26)25-19(28-13)15-4-6-16(7-5-15)20(21,22)23/h2-9,12,26H,10-11H2,1H3/b24-12+. The molecule has 1 aromatic heterocycles. The molecule has 3 aromatic rings. The van der Waals surface area contributed by atoms with Gasteiger partial charge in [0.2, 0.25) is 5.89 Å². The highest BCUT2D eigenvalue weighted by atomic mass is 19.4. The summed E-state index contributed by atoms with van der Waals surface area (Å²) in [6, 6.07) is 11.7. The molecule has 1 N–H and O–H groups in total. The fourth-order valence-electron chi connectivity index (χ4n) is 2.57. The second-order valence-electron chi connectivity index (χ2n) is 6.01. The molecule has 0 radical (unpaired) electrons. The van der Waals surface area contributed by atoms with E-state index in [0.29, 0.717) is 35.8 Å². The predicted molar refractivity (Wildman–Crippen MR) is 96.7 cm³/mol. The molecule has 0 amide bonds. The van der Waals surface area contributed by atoms with Crippen molar-refractivity contribution in [3.63, 3.8) is 0 Å². The van der Waals surface area contributed by atoms with Crippen molar-refractivity contribution >= 4 is 6.21 Å². The van der Waals surface area contributed by atoms with Crippen LogP contribution in [0, 0.1) is 6.92 Å². The number of aromatic nitrogens is 1. The minimum Gasteiger partial charge on any atom is -0.493 e. The zero-order valence-corrected chi connectivity index (χ0v) is 14.9. The van der Waals surface area contributed by atoms with Crippen molar-refractivity contribution in [3.8, 4) is 17.2 Å². The maximum absolute atomic E-state index is 12.7. The first-order valence-electron chi connectivity index (χ1n) is 8.41. The van der Waals surface area contributed by atoms with E-state index in [-0.39, 0.29) is 5.89 Å². The summed E-state index contributed by atoms with van der Waals surface area (Å²) in [5.74, 6) is 1.51. The van der Waals surface area contributed by atoms with Gasteiger partial charge in [-0.15, -0.1) is 0 Å². The molecule has 0 aliphatic carbocycles. The van der Waals surface area contributed by atoms with Crippen LogP contribution in [0.1, 0.15) is 22.6 Å². The molecular weight excluding hydrogens is 373 g/mol. The van der Waals surface area contributed by atoms with Gasteiger partial charge in [-0.05, 0) is 61.0 Å². The fraction of sp³-hybridized carbons (Fsp3) is 0.200. The lowest BCUT2D eigenvalue weighted by molar-refractivity contribution is -0.137. The SMILES string of the molecule is Cc1oc(-c2ccc(C(F)(F)F)cc2)nc1CCOc1ccc(/C=N/O)cc1. The quantitative estimate of drug-likeness (QED) is 0.361. The molecule has 3 rings (SSSR count). The minimum absolute atomic E-state index is 0.272. The highest BCUT2D eigenvalue weighted by molar-refractivity contribution is 5.79. The molecule has 1 heterocycles. The molecule has 0 fully saturated rings. The fourth-order valence-corrected chi connectivity index (χ4v) is 2.57. The average Bonchev–Trinajstić information content (AvgIpc) is 3.04. The van der Waals surface area contributed by atoms with E-state index in [0.717, 1.165) is 17.7 Å². The van der Waals surface area contributed by atoms with Gasteiger partial charge in [-0.3, -0.25) is 0 Å². The number of nitrogens with zero attached hydrogens (tertiary/aromatic N) is 2. The molecule has 0 saturated carbocycles. The number of hydrogen-bond donors (Lipinski definition) is 1. The number of rotatable bonds is 6. The maximum Gasteiger partial charge on any atom is 0.416 e. The number of benzene rings is 2. The number of halogens is 3. The van der Waals surface area contributed by atoms with Gasteiger partial charge in [0.15, 0.2) is 0 Å². The molecule has 0 atom stereocenters. The molecule has 0 spiro atoms. The predicted octanol–water partition coefficient (Wildman–Crippen LogP) is 5.10. The van der Waals surface area contributed by atoms with Gasteiger partial charge >= 0.3 is 6.18 Å². The number of aryl methyl sites for hydroxylation is 1. The van der Waals surface area contributed by atoms with Crippen LogP contribution in [0.2, 0.25) is 0 Å². The van der Waals surface area contributed by atoms with Gasteiger partial charge in [0, 0.05) is 12.0 Å². The van der Waals surface area contributed by atoms with Crippen LogP contribution < -0.4 is 4.74 Å². The zero-order valence-electron chi connectivity index (χ0n) is 14.9. The van der Waals surface area contributed by atoms with Crippen molar-refractivity contribution in [2.24, 2.45) is 5.16 Å². The topological polar surface area (TPSA) is 67.9 Å². The molecular formula is C20H17F3N2O3. The van der Waals surface area contributed by atoms with E-state index >= 15 is 0 Å². The molecule has 2 aromatic carbocycles. The second-order valence-corrected chi connectivity index (χ2v) is 6.01. The third-order valence-corrected chi connectivity index (χ3v) is 4.05. The third-order valence-electron chi connectivity index (χ3n) is 4.05. The normalized spacial score (nSPS) is 11.9. The lowest BCUT2D eigenvalue weighted by Gasteiger charge is -2.06. The number of alkyl halides is 3. The first-order valence-corrected chi connectivity index (χ1v) is 8.41. The van der Waals surface area contributed by atoms with Gasteiger partial charge in [-0.1, -0.05) is 5.16 Å². The van der Waals surface area contributed by atoms with Crippen LogP contribution in [0.5, 0.6) is 5.75 Å². The Bertz CT molecular complexity index is 946. The maximum atomic E-state index is 12.7. The van der Waals surface area contributed by atoms with E-state index in [2.05, 4.69) is 10.1 Å².